The number of rotatable bonds is 6. The van der Waals surface area contributed by atoms with Crippen LogP contribution in [0, 0.1) is 0 Å². The molecule has 5 nitrogen and oxygen atoms in total. The molecule has 0 aliphatic rings. The molecule has 0 aliphatic heterocycles. The van der Waals surface area contributed by atoms with E-state index in [2.05, 4.69) is 37.4 Å². The van der Waals surface area contributed by atoms with Crippen LogP contribution in [0.2, 0.25) is 0 Å². The smallest absolute Gasteiger partial charge is 0.354 e. The first kappa shape index (κ1) is 21.6. The van der Waals surface area contributed by atoms with Crippen molar-refractivity contribution in [1.29, 1.82) is 0 Å². The average molecular weight is 459 g/mol. The maximum Gasteiger partial charge on any atom is 0.416 e. The predicted octanol–water partition coefficient (Wildman–Crippen LogP) is 6.36. The topological polar surface area (TPSA) is 66.5 Å². The molecule has 8 heteroatoms. The van der Waals surface area contributed by atoms with Crippen LogP contribution >= 0.6 is 0 Å². The largest absolute Gasteiger partial charge is 0.416 e. The molecule has 5 aromatic rings. The van der Waals surface area contributed by atoms with E-state index in [1.165, 1.54) is 17.7 Å². The molecule has 5 rings (SSSR count). The van der Waals surface area contributed by atoms with Crippen molar-refractivity contribution in [2.45, 2.75) is 12.6 Å². The van der Waals surface area contributed by atoms with Crippen LogP contribution in [0.3, 0.4) is 0 Å². The first-order valence-corrected chi connectivity index (χ1v) is 10.7. The second-order valence-electron chi connectivity index (χ2n) is 7.83. The molecule has 0 unspecified atom stereocenters. The minimum atomic E-state index is -4.37. The standard InChI is InChI=1S/C26H20F3N5/c27-26(28,29)20-8-6-18(7-9-20)19-14-21-22(16-33-24(21)32-15-19)23-11-13-31-25(34-23)30-12-10-17-4-2-1-3-5-17/h1-9,11,13-16H,10,12H2,(H,32,33)(H,30,31,34). The summed E-state index contributed by atoms with van der Waals surface area (Å²) >= 11 is 0. The Morgan fingerprint density at radius 1 is 0.882 bits per heavy atom. The van der Waals surface area contributed by atoms with Crippen molar-refractivity contribution in [3.63, 3.8) is 0 Å². The molecule has 170 valence electrons. The molecule has 0 aliphatic carbocycles. The van der Waals surface area contributed by atoms with E-state index in [9.17, 15) is 13.2 Å². The highest BCUT2D eigenvalue weighted by Gasteiger charge is 2.30. The quantitative estimate of drug-likeness (QED) is 0.310. The molecular weight excluding hydrogens is 439 g/mol. The fourth-order valence-corrected chi connectivity index (χ4v) is 3.78. The number of halogens is 3. The lowest BCUT2D eigenvalue weighted by atomic mass is 10.0. The van der Waals surface area contributed by atoms with Crippen LogP contribution in [-0.2, 0) is 12.6 Å². The Morgan fingerprint density at radius 2 is 1.68 bits per heavy atom. The maximum absolute atomic E-state index is 12.9. The summed E-state index contributed by atoms with van der Waals surface area (Å²) in [6.07, 6.45) is 1.64. The van der Waals surface area contributed by atoms with Gasteiger partial charge in [-0.25, -0.2) is 15.0 Å². The summed E-state index contributed by atoms with van der Waals surface area (Å²) in [4.78, 5) is 16.5. The summed E-state index contributed by atoms with van der Waals surface area (Å²) < 4.78 is 38.7. The summed E-state index contributed by atoms with van der Waals surface area (Å²) in [6.45, 7) is 0.695. The number of benzene rings is 2. The molecule has 2 aromatic carbocycles. The van der Waals surface area contributed by atoms with E-state index in [1.807, 2.05) is 36.5 Å². The van der Waals surface area contributed by atoms with Crippen LogP contribution in [0.25, 0.3) is 33.4 Å². The Kier molecular flexibility index (Phi) is 5.71. The molecule has 2 N–H and O–H groups in total. The Balaban J connectivity index is 1.39. The number of nitrogens with zero attached hydrogens (tertiary/aromatic N) is 3. The van der Waals surface area contributed by atoms with Crippen LogP contribution in [0.5, 0.6) is 0 Å². The monoisotopic (exact) mass is 459 g/mol. The number of hydrogen-bond donors (Lipinski definition) is 2. The Bertz CT molecular complexity index is 1410. The highest BCUT2D eigenvalue weighted by Crippen LogP contribution is 2.33. The van der Waals surface area contributed by atoms with E-state index in [1.54, 1.807) is 12.4 Å². The number of anilines is 1. The van der Waals surface area contributed by atoms with Gasteiger partial charge in [0.2, 0.25) is 5.95 Å². The van der Waals surface area contributed by atoms with Gasteiger partial charge >= 0.3 is 6.18 Å². The molecule has 0 atom stereocenters. The summed E-state index contributed by atoms with van der Waals surface area (Å²) in [7, 11) is 0. The molecule has 0 fully saturated rings. The van der Waals surface area contributed by atoms with E-state index in [0.29, 0.717) is 23.7 Å². The Hall–Kier alpha value is -4.20. The van der Waals surface area contributed by atoms with Gasteiger partial charge in [-0.1, -0.05) is 42.5 Å². The molecule has 0 saturated heterocycles. The minimum absolute atomic E-state index is 0.523. The normalized spacial score (nSPS) is 11.6. The van der Waals surface area contributed by atoms with E-state index in [0.717, 1.165) is 40.8 Å². The van der Waals surface area contributed by atoms with Crippen LogP contribution < -0.4 is 5.32 Å². The zero-order chi connectivity index (χ0) is 23.5. The van der Waals surface area contributed by atoms with Crippen molar-refractivity contribution in [1.82, 2.24) is 19.9 Å². The van der Waals surface area contributed by atoms with Crippen molar-refractivity contribution in [2.24, 2.45) is 0 Å². The molecular formula is C26H20F3N5. The van der Waals surface area contributed by atoms with Gasteiger partial charge in [0, 0.05) is 41.6 Å². The van der Waals surface area contributed by atoms with E-state index in [-0.39, 0.29) is 0 Å². The molecule has 0 saturated carbocycles. The lowest BCUT2D eigenvalue weighted by molar-refractivity contribution is -0.137. The predicted molar refractivity (Wildman–Crippen MR) is 126 cm³/mol. The van der Waals surface area contributed by atoms with E-state index < -0.39 is 11.7 Å². The van der Waals surface area contributed by atoms with Crippen LogP contribution in [-0.4, -0.2) is 26.5 Å². The Labute approximate surface area is 193 Å². The second kappa shape index (κ2) is 8.97. The summed E-state index contributed by atoms with van der Waals surface area (Å²) in [5.41, 5.74) is 4.14. The third-order valence-corrected chi connectivity index (χ3v) is 5.55. The fraction of sp³-hybridized carbons (Fsp3) is 0.115. The van der Waals surface area contributed by atoms with Crippen molar-refractivity contribution >= 4 is 17.0 Å². The summed E-state index contributed by atoms with van der Waals surface area (Å²) in [5, 5.41) is 4.08. The highest BCUT2D eigenvalue weighted by molar-refractivity contribution is 5.95. The molecule has 3 heterocycles. The lowest BCUT2D eigenvalue weighted by Crippen LogP contribution is -2.08. The van der Waals surface area contributed by atoms with Gasteiger partial charge in [-0.2, -0.15) is 13.2 Å². The van der Waals surface area contributed by atoms with Crippen molar-refractivity contribution in [3.8, 4) is 22.4 Å². The van der Waals surface area contributed by atoms with Crippen LogP contribution in [0.1, 0.15) is 11.1 Å². The number of nitrogens with one attached hydrogen (secondary N) is 2. The summed E-state index contributed by atoms with van der Waals surface area (Å²) in [6, 6.07) is 18.9. The SMILES string of the molecule is FC(F)(F)c1ccc(-c2cnc3[nH]cc(-c4ccnc(NCCc5ccccc5)n4)c3c2)cc1. The van der Waals surface area contributed by atoms with Crippen molar-refractivity contribution in [3.05, 3.63) is 96.4 Å². The van der Waals surface area contributed by atoms with Crippen LogP contribution in [0.15, 0.2) is 85.3 Å². The first-order chi connectivity index (χ1) is 16.5. The number of aromatic nitrogens is 4. The van der Waals surface area contributed by atoms with Gasteiger partial charge in [-0.3, -0.25) is 0 Å². The minimum Gasteiger partial charge on any atom is -0.354 e. The van der Waals surface area contributed by atoms with Gasteiger partial charge < -0.3 is 10.3 Å². The number of aromatic amines is 1. The zero-order valence-corrected chi connectivity index (χ0v) is 18.0. The van der Waals surface area contributed by atoms with Gasteiger partial charge in [0.05, 0.1) is 11.3 Å². The van der Waals surface area contributed by atoms with Crippen molar-refractivity contribution < 1.29 is 13.2 Å². The third-order valence-electron chi connectivity index (χ3n) is 5.55. The molecule has 0 spiro atoms. The molecule has 0 amide bonds. The average Bonchev–Trinajstić information content (AvgIpc) is 3.28. The van der Waals surface area contributed by atoms with Gasteiger partial charge in [0.1, 0.15) is 5.65 Å². The fourth-order valence-electron chi connectivity index (χ4n) is 3.78. The molecule has 34 heavy (non-hydrogen) atoms. The van der Waals surface area contributed by atoms with Gasteiger partial charge in [-0.15, -0.1) is 0 Å². The Morgan fingerprint density at radius 3 is 2.44 bits per heavy atom. The van der Waals surface area contributed by atoms with Gasteiger partial charge in [0.15, 0.2) is 0 Å². The van der Waals surface area contributed by atoms with Gasteiger partial charge in [0.25, 0.3) is 0 Å². The summed E-state index contributed by atoms with van der Waals surface area (Å²) in [5.74, 6) is 0.523. The molecule has 0 radical (unpaired) electrons. The zero-order valence-electron chi connectivity index (χ0n) is 18.0. The van der Waals surface area contributed by atoms with E-state index in [4.69, 9.17) is 0 Å². The van der Waals surface area contributed by atoms with Crippen LogP contribution in [0.4, 0.5) is 19.1 Å². The third kappa shape index (κ3) is 4.61. The maximum atomic E-state index is 12.9. The van der Waals surface area contributed by atoms with Gasteiger partial charge in [-0.05, 0) is 41.8 Å². The molecule has 3 aromatic heterocycles. The second-order valence-corrected chi connectivity index (χ2v) is 7.83. The highest BCUT2D eigenvalue weighted by atomic mass is 19.4. The molecule has 0 bridgehead atoms. The number of fused-ring (bicyclic) bond motifs is 1. The first-order valence-electron chi connectivity index (χ1n) is 10.7. The number of H-pyrrole nitrogens is 1. The number of alkyl halides is 3. The van der Waals surface area contributed by atoms with Crippen molar-refractivity contribution in [2.75, 3.05) is 11.9 Å². The lowest BCUT2D eigenvalue weighted by Gasteiger charge is -2.08. The number of pyridine rings is 1. The van der Waals surface area contributed by atoms with E-state index >= 15 is 0 Å². The number of hydrogen-bond acceptors (Lipinski definition) is 4.